The number of aliphatic hydroxyl groups excluding tert-OH is 1. The summed E-state index contributed by atoms with van der Waals surface area (Å²) < 4.78 is 5.19. The quantitative estimate of drug-likeness (QED) is 0.818. The lowest BCUT2D eigenvalue weighted by Gasteiger charge is -2.30. The summed E-state index contributed by atoms with van der Waals surface area (Å²) in [6.07, 6.45) is -1.49. The van der Waals surface area contributed by atoms with Crippen molar-refractivity contribution in [3.63, 3.8) is 0 Å². The fourth-order valence-corrected chi connectivity index (χ4v) is 1.77. The van der Waals surface area contributed by atoms with E-state index >= 15 is 0 Å². The SMILES string of the molecule is CC(C)[C@H](NC(=O)OC(C)(C)C)[C@H](O)CC(=O)C(C)(C)C. The molecule has 0 bridgehead atoms. The normalized spacial score (nSPS) is 15.5. The zero-order chi connectivity index (χ0) is 17.0. The minimum absolute atomic E-state index is 0.0136. The number of hydrogen-bond donors (Lipinski definition) is 2. The van der Waals surface area contributed by atoms with E-state index in [9.17, 15) is 14.7 Å². The molecular formula is C16H31NO4. The van der Waals surface area contributed by atoms with Crippen LogP contribution in [0.2, 0.25) is 0 Å². The van der Waals surface area contributed by atoms with E-state index in [-0.39, 0.29) is 18.1 Å². The molecular weight excluding hydrogens is 270 g/mol. The first-order valence-corrected chi connectivity index (χ1v) is 7.45. The van der Waals surface area contributed by atoms with Crippen LogP contribution in [0.5, 0.6) is 0 Å². The highest BCUT2D eigenvalue weighted by molar-refractivity contribution is 5.84. The van der Waals surface area contributed by atoms with Crippen LogP contribution >= 0.6 is 0 Å². The standard InChI is InChI=1S/C16H31NO4/c1-10(2)13(17-14(20)21-16(6,7)8)11(18)9-12(19)15(3,4)5/h10-11,13,18H,9H2,1-8H3,(H,17,20)/t11-,13+/m1/s1. The Morgan fingerprint density at radius 3 is 1.90 bits per heavy atom. The molecule has 0 unspecified atom stereocenters. The Balaban J connectivity index is 4.76. The van der Waals surface area contributed by atoms with Gasteiger partial charge in [0.1, 0.15) is 11.4 Å². The molecule has 0 spiro atoms. The van der Waals surface area contributed by atoms with Crippen molar-refractivity contribution in [2.75, 3.05) is 0 Å². The molecule has 1 amide bonds. The number of alkyl carbamates (subject to hydrolysis) is 1. The van der Waals surface area contributed by atoms with Crippen molar-refractivity contribution < 1.29 is 19.4 Å². The molecule has 5 heteroatoms. The lowest BCUT2D eigenvalue weighted by molar-refractivity contribution is -0.128. The van der Waals surface area contributed by atoms with Crippen LogP contribution in [0, 0.1) is 11.3 Å². The predicted octanol–water partition coefficient (Wildman–Crippen LogP) is 2.90. The van der Waals surface area contributed by atoms with Crippen LogP contribution < -0.4 is 5.32 Å². The predicted molar refractivity (Wildman–Crippen MR) is 83.1 cm³/mol. The number of ether oxygens (including phenoxy) is 1. The first-order chi connectivity index (χ1) is 9.24. The molecule has 0 fully saturated rings. The Morgan fingerprint density at radius 1 is 1.10 bits per heavy atom. The van der Waals surface area contributed by atoms with Crippen molar-refractivity contribution in [1.29, 1.82) is 0 Å². The first-order valence-electron chi connectivity index (χ1n) is 7.45. The van der Waals surface area contributed by atoms with Gasteiger partial charge in [-0.2, -0.15) is 0 Å². The summed E-state index contributed by atoms with van der Waals surface area (Å²) in [5.74, 6) is -0.0491. The van der Waals surface area contributed by atoms with Gasteiger partial charge in [-0.05, 0) is 26.7 Å². The molecule has 0 saturated carbocycles. The highest BCUT2D eigenvalue weighted by Crippen LogP contribution is 2.20. The second-order valence-electron chi connectivity index (χ2n) is 7.86. The van der Waals surface area contributed by atoms with Crippen molar-refractivity contribution in [3.05, 3.63) is 0 Å². The number of amides is 1. The Labute approximate surface area is 128 Å². The smallest absolute Gasteiger partial charge is 0.407 e. The molecule has 0 aromatic heterocycles. The third kappa shape index (κ3) is 8.05. The lowest BCUT2D eigenvalue weighted by atomic mass is 9.85. The molecule has 0 aliphatic rings. The number of rotatable bonds is 5. The maximum Gasteiger partial charge on any atom is 0.407 e. The van der Waals surface area contributed by atoms with E-state index in [4.69, 9.17) is 4.74 Å². The average Bonchev–Trinajstić information content (AvgIpc) is 2.21. The molecule has 0 rings (SSSR count). The summed E-state index contributed by atoms with van der Waals surface area (Å²) in [5.41, 5.74) is -1.10. The zero-order valence-electron chi connectivity index (χ0n) is 14.6. The number of aliphatic hydroxyl groups is 1. The van der Waals surface area contributed by atoms with E-state index in [0.29, 0.717) is 0 Å². The van der Waals surface area contributed by atoms with Crippen molar-refractivity contribution in [2.24, 2.45) is 11.3 Å². The Morgan fingerprint density at radius 2 is 1.57 bits per heavy atom. The van der Waals surface area contributed by atoms with Gasteiger partial charge in [-0.3, -0.25) is 4.79 Å². The highest BCUT2D eigenvalue weighted by Gasteiger charge is 2.31. The van der Waals surface area contributed by atoms with Gasteiger partial charge in [0, 0.05) is 11.8 Å². The van der Waals surface area contributed by atoms with Gasteiger partial charge in [0.2, 0.25) is 0 Å². The first kappa shape index (κ1) is 19.9. The van der Waals surface area contributed by atoms with Crippen LogP contribution in [0.25, 0.3) is 0 Å². The van der Waals surface area contributed by atoms with Gasteiger partial charge in [-0.1, -0.05) is 34.6 Å². The van der Waals surface area contributed by atoms with E-state index in [1.807, 2.05) is 34.6 Å². The van der Waals surface area contributed by atoms with Gasteiger partial charge in [0.25, 0.3) is 0 Å². The molecule has 2 N–H and O–H groups in total. The third-order valence-electron chi connectivity index (χ3n) is 3.05. The van der Waals surface area contributed by atoms with E-state index in [1.54, 1.807) is 20.8 Å². The number of ketones is 1. The summed E-state index contributed by atoms with van der Waals surface area (Å²) in [7, 11) is 0. The van der Waals surface area contributed by atoms with Gasteiger partial charge in [0.15, 0.2) is 0 Å². The molecule has 0 aromatic carbocycles. The van der Waals surface area contributed by atoms with E-state index in [1.165, 1.54) is 0 Å². The highest BCUT2D eigenvalue weighted by atomic mass is 16.6. The number of nitrogens with one attached hydrogen (secondary N) is 1. The van der Waals surface area contributed by atoms with Crippen molar-refractivity contribution in [3.8, 4) is 0 Å². The van der Waals surface area contributed by atoms with Crippen LogP contribution in [0.3, 0.4) is 0 Å². The summed E-state index contributed by atoms with van der Waals surface area (Å²) in [6, 6.07) is -0.522. The Bertz CT molecular complexity index is 363. The minimum Gasteiger partial charge on any atom is -0.444 e. The van der Waals surface area contributed by atoms with Gasteiger partial charge in [0.05, 0.1) is 12.1 Å². The van der Waals surface area contributed by atoms with Crippen LogP contribution in [0.1, 0.15) is 61.8 Å². The molecule has 2 atom stereocenters. The molecule has 0 radical (unpaired) electrons. The van der Waals surface area contributed by atoms with Crippen LogP contribution in [0.4, 0.5) is 4.79 Å². The van der Waals surface area contributed by atoms with Crippen LogP contribution in [0.15, 0.2) is 0 Å². The molecule has 0 aliphatic carbocycles. The van der Waals surface area contributed by atoms with Crippen molar-refractivity contribution >= 4 is 11.9 Å². The van der Waals surface area contributed by atoms with E-state index < -0.39 is 29.3 Å². The average molecular weight is 301 g/mol. The number of carbonyl (C=O) groups excluding carboxylic acids is 2. The Kier molecular flexibility index (Phi) is 6.87. The van der Waals surface area contributed by atoms with Crippen molar-refractivity contribution in [1.82, 2.24) is 5.32 Å². The molecule has 124 valence electrons. The van der Waals surface area contributed by atoms with Crippen LogP contribution in [-0.2, 0) is 9.53 Å². The number of Topliss-reactive ketones (excluding diaryl/α,β-unsaturated/α-hetero) is 1. The minimum atomic E-state index is -0.927. The second-order valence-corrected chi connectivity index (χ2v) is 7.86. The van der Waals surface area contributed by atoms with Crippen molar-refractivity contribution in [2.45, 2.75) is 79.6 Å². The van der Waals surface area contributed by atoms with E-state index in [2.05, 4.69) is 5.32 Å². The topological polar surface area (TPSA) is 75.6 Å². The summed E-state index contributed by atoms with van der Waals surface area (Å²) in [5, 5.41) is 12.9. The fourth-order valence-electron chi connectivity index (χ4n) is 1.77. The lowest BCUT2D eigenvalue weighted by Crippen LogP contribution is -2.49. The molecule has 21 heavy (non-hydrogen) atoms. The molecule has 5 nitrogen and oxygen atoms in total. The monoisotopic (exact) mass is 301 g/mol. The van der Waals surface area contributed by atoms with Gasteiger partial charge in [-0.25, -0.2) is 4.79 Å². The Hall–Kier alpha value is -1.10. The fraction of sp³-hybridized carbons (Fsp3) is 0.875. The second kappa shape index (κ2) is 7.25. The largest absolute Gasteiger partial charge is 0.444 e. The van der Waals surface area contributed by atoms with Gasteiger partial charge < -0.3 is 15.2 Å². The van der Waals surface area contributed by atoms with Gasteiger partial charge >= 0.3 is 6.09 Å². The maximum atomic E-state index is 12.0. The van der Waals surface area contributed by atoms with Gasteiger partial charge in [-0.15, -0.1) is 0 Å². The summed E-state index contributed by atoms with van der Waals surface area (Å²) in [4.78, 5) is 23.8. The molecule has 0 aliphatic heterocycles. The molecule has 0 aromatic rings. The molecule has 0 heterocycles. The van der Waals surface area contributed by atoms with E-state index in [0.717, 1.165) is 0 Å². The zero-order valence-corrected chi connectivity index (χ0v) is 14.6. The summed E-state index contributed by atoms with van der Waals surface area (Å²) in [6.45, 7) is 14.5. The summed E-state index contributed by atoms with van der Waals surface area (Å²) >= 11 is 0. The van der Waals surface area contributed by atoms with Crippen LogP contribution in [-0.4, -0.2) is 34.7 Å². The third-order valence-corrected chi connectivity index (χ3v) is 3.05. The molecule has 0 saturated heterocycles. The maximum absolute atomic E-state index is 12.0. The number of carbonyl (C=O) groups is 2. The number of hydrogen-bond acceptors (Lipinski definition) is 4.